The molecule has 2 heterocycles. The molecule has 142 valence electrons. The number of amides is 1. The highest BCUT2D eigenvalue weighted by Gasteiger charge is 2.22. The highest BCUT2D eigenvalue weighted by Crippen LogP contribution is 2.18. The van der Waals surface area contributed by atoms with Crippen molar-refractivity contribution in [3.8, 4) is 5.75 Å². The van der Waals surface area contributed by atoms with E-state index in [0.29, 0.717) is 11.1 Å². The number of imidazole rings is 1. The minimum absolute atomic E-state index is 0.0245. The number of alkyl halides is 2. The first kappa shape index (κ1) is 18.8. The van der Waals surface area contributed by atoms with E-state index < -0.39 is 22.4 Å². The maximum atomic E-state index is 12.5. The average molecular weight is 395 g/mol. The summed E-state index contributed by atoms with van der Waals surface area (Å²) in [4.78, 5) is 16.5. The van der Waals surface area contributed by atoms with E-state index in [1.807, 2.05) is 0 Å². The number of hydrogen-bond donors (Lipinski definition) is 1. The standard InChI is InChI=1S/C17H15F2N3O4S/c1-27(24,25)17-21-14(13-7-2-3-8-22(13)17)15(23)20-10-11-5-4-6-12(9-11)26-16(18)19/h2-9,16H,10H2,1H3,(H,20,23). The van der Waals surface area contributed by atoms with Crippen LogP contribution in [0.25, 0.3) is 5.52 Å². The second kappa shape index (κ2) is 7.31. The van der Waals surface area contributed by atoms with Crippen molar-refractivity contribution in [2.24, 2.45) is 0 Å². The number of nitrogens with zero attached hydrogens (tertiary/aromatic N) is 2. The molecule has 0 saturated heterocycles. The molecule has 0 saturated carbocycles. The van der Waals surface area contributed by atoms with Crippen molar-refractivity contribution in [3.63, 3.8) is 0 Å². The summed E-state index contributed by atoms with van der Waals surface area (Å²) in [5.74, 6) is -0.614. The van der Waals surface area contributed by atoms with Gasteiger partial charge in [-0.05, 0) is 29.8 Å². The fourth-order valence-corrected chi connectivity index (χ4v) is 3.31. The molecule has 1 N–H and O–H groups in total. The summed E-state index contributed by atoms with van der Waals surface area (Å²) in [5.41, 5.74) is 0.828. The minimum atomic E-state index is -3.64. The van der Waals surface area contributed by atoms with Gasteiger partial charge in [0.25, 0.3) is 5.91 Å². The second-order valence-corrected chi connectivity index (χ2v) is 7.59. The van der Waals surface area contributed by atoms with Crippen LogP contribution >= 0.6 is 0 Å². The van der Waals surface area contributed by atoms with Crippen molar-refractivity contribution in [1.82, 2.24) is 14.7 Å². The number of carbonyl (C=O) groups is 1. The Hall–Kier alpha value is -3.01. The lowest BCUT2D eigenvalue weighted by Crippen LogP contribution is -2.23. The summed E-state index contributed by atoms with van der Waals surface area (Å²) in [5, 5.41) is 2.36. The van der Waals surface area contributed by atoms with Gasteiger partial charge in [-0.2, -0.15) is 8.78 Å². The maximum Gasteiger partial charge on any atom is 0.387 e. The van der Waals surface area contributed by atoms with Gasteiger partial charge in [-0.15, -0.1) is 0 Å². The number of benzene rings is 1. The van der Waals surface area contributed by atoms with Gasteiger partial charge in [0.05, 0.1) is 5.52 Å². The number of halogens is 2. The van der Waals surface area contributed by atoms with Crippen molar-refractivity contribution in [1.29, 1.82) is 0 Å². The van der Waals surface area contributed by atoms with Crippen LogP contribution in [0.3, 0.4) is 0 Å². The molecule has 3 rings (SSSR count). The molecule has 3 aromatic rings. The number of fused-ring (bicyclic) bond motifs is 1. The lowest BCUT2D eigenvalue weighted by Gasteiger charge is -2.07. The Labute approximate surface area is 153 Å². The van der Waals surface area contributed by atoms with Crippen LogP contribution < -0.4 is 10.1 Å². The zero-order chi connectivity index (χ0) is 19.6. The van der Waals surface area contributed by atoms with Crippen molar-refractivity contribution >= 4 is 21.3 Å². The zero-order valence-corrected chi connectivity index (χ0v) is 14.9. The molecule has 0 aliphatic carbocycles. The topological polar surface area (TPSA) is 89.8 Å². The summed E-state index contributed by atoms with van der Waals surface area (Å²) in [6.45, 7) is -2.92. The second-order valence-electron chi connectivity index (χ2n) is 5.68. The molecule has 1 aromatic carbocycles. The quantitative estimate of drug-likeness (QED) is 0.692. The summed E-state index contributed by atoms with van der Waals surface area (Å²) in [6.07, 6.45) is 2.51. The highest BCUT2D eigenvalue weighted by molar-refractivity contribution is 7.90. The van der Waals surface area contributed by atoms with Crippen LogP contribution in [0.1, 0.15) is 16.1 Å². The van der Waals surface area contributed by atoms with Crippen LogP contribution in [0.5, 0.6) is 5.75 Å². The number of ether oxygens (including phenoxy) is 1. The summed E-state index contributed by atoms with van der Waals surface area (Å²) in [6, 6.07) is 10.8. The number of rotatable bonds is 6. The molecule has 0 fully saturated rings. The lowest BCUT2D eigenvalue weighted by molar-refractivity contribution is -0.0498. The van der Waals surface area contributed by atoms with Gasteiger partial charge < -0.3 is 10.1 Å². The number of pyridine rings is 1. The molecule has 2 aromatic heterocycles. The van der Waals surface area contributed by atoms with Crippen LogP contribution in [0.2, 0.25) is 0 Å². The van der Waals surface area contributed by atoms with Crippen molar-refractivity contribution < 1.29 is 26.7 Å². The van der Waals surface area contributed by atoms with E-state index in [2.05, 4.69) is 15.0 Å². The average Bonchev–Trinajstić information content (AvgIpc) is 2.99. The number of hydrogen-bond acceptors (Lipinski definition) is 5. The summed E-state index contributed by atoms with van der Waals surface area (Å²) in [7, 11) is -3.64. The van der Waals surface area contributed by atoms with Crippen LogP contribution in [0.4, 0.5) is 8.78 Å². The van der Waals surface area contributed by atoms with Crippen LogP contribution in [-0.4, -0.2) is 36.6 Å². The Bertz CT molecular complexity index is 1100. The van der Waals surface area contributed by atoms with Gasteiger partial charge in [0, 0.05) is 19.0 Å². The molecule has 27 heavy (non-hydrogen) atoms. The van der Waals surface area contributed by atoms with Crippen molar-refractivity contribution in [3.05, 3.63) is 59.9 Å². The SMILES string of the molecule is CS(=O)(=O)c1nc(C(=O)NCc2cccc(OC(F)F)c2)c2ccccn12. The molecule has 1 amide bonds. The Morgan fingerprint density at radius 2 is 2.04 bits per heavy atom. The molecule has 0 atom stereocenters. The third-order valence-electron chi connectivity index (χ3n) is 3.64. The number of sulfone groups is 1. The van der Waals surface area contributed by atoms with Gasteiger partial charge in [-0.25, -0.2) is 13.4 Å². The number of nitrogens with one attached hydrogen (secondary N) is 1. The van der Waals surface area contributed by atoms with E-state index in [1.165, 1.54) is 28.8 Å². The number of carbonyl (C=O) groups excluding carboxylic acids is 1. The van der Waals surface area contributed by atoms with Gasteiger partial charge in [-0.1, -0.05) is 18.2 Å². The van der Waals surface area contributed by atoms with E-state index in [-0.39, 0.29) is 23.1 Å². The van der Waals surface area contributed by atoms with Gasteiger partial charge >= 0.3 is 6.61 Å². The third kappa shape index (κ3) is 4.22. The molecule has 7 nitrogen and oxygen atoms in total. The normalized spacial score (nSPS) is 11.7. The van der Waals surface area contributed by atoms with Gasteiger partial charge in [0.1, 0.15) is 5.75 Å². The fourth-order valence-electron chi connectivity index (χ4n) is 2.54. The van der Waals surface area contributed by atoms with Crippen molar-refractivity contribution in [2.45, 2.75) is 18.3 Å². The zero-order valence-electron chi connectivity index (χ0n) is 14.1. The molecule has 0 aliphatic heterocycles. The maximum absolute atomic E-state index is 12.5. The largest absolute Gasteiger partial charge is 0.435 e. The Morgan fingerprint density at radius 1 is 1.26 bits per heavy atom. The van der Waals surface area contributed by atoms with Gasteiger partial charge in [-0.3, -0.25) is 9.20 Å². The van der Waals surface area contributed by atoms with E-state index in [0.717, 1.165) is 6.26 Å². The Balaban J connectivity index is 1.83. The van der Waals surface area contributed by atoms with E-state index in [4.69, 9.17) is 0 Å². The molecular formula is C17H15F2N3O4S. The molecule has 0 unspecified atom stereocenters. The highest BCUT2D eigenvalue weighted by atomic mass is 32.2. The summed E-state index contributed by atoms with van der Waals surface area (Å²) >= 11 is 0. The Kier molecular flexibility index (Phi) is 5.08. The fraction of sp³-hybridized carbons (Fsp3) is 0.176. The monoisotopic (exact) mass is 395 g/mol. The van der Waals surface area contributed by atoms with E-state index in [1.54, 1.807) is 24.3 Å². The first-order chi connectivity index (χ1) is 12.8. The smallest absolute Gasteiger partial charge is 0.387 e. The van der Waals surface area contributed by atoms with Crippen LogP contribution in [0.15, 0.2) is 53.8 Å². The van der Waals surface area contributed by atoms with Crippen LogP contribution in [-0.2, 0) is 16.4 Å². The van der Waals surface area contributed by atoms with Gasteiger partial charge in [0.15, 0.2) is 5.69 Å². The first-order valence-corrected chi connectivity index (χ1v) is 9.64. The molecule has 0 radical (unpaired) electrons. The van der Waals surface area contributed by atoms with E-state index in [9.17, 15) is 22.0 Å². The summed E-state index contributed by atoms with van der Waals surface area (Å²) < 4.78 is 54.0. The first-order valence-electron chi connectivity index (χ1n) is 7.75. The molecule has 0 bridgehead atoms. The lowest BCUT2D eigenvalue weighted by atomic mass is 10.2. The third-order valence-corrected chi connectivity index (χ3v) is 4.59. The predicted octanol–water partition coefficient (Wildman–Crippen LogP) is 2.27. The minimum Gasteiger partial charge on any atom is -0.435 e. The van der Waals surface area contributed by atoms with Crippen molar-refractivity contribution in [2.75, 3.05) is 6.26 Å². The Morgan fingerprint density at radius 3 is 2.74 bits per heavy atom. The van der Waals surface area contributed by atoms with E-state index >= 15 is 0 Å². The molecule has 0 spiro atoms. The predicted molar refractivity (Wildman–Crippen MR) is 92.5 cm³/mol. The molecule has 10 heteroatoms. The number of aromatic nitrogens is 2. The van der Waals surface area contributed by atoms with Gasteiger partial charge in [0.2, 0.25) is 15.0 Å². The van der Waals surface area contributed by atoms with Crippen LogP contribution in [0, 0.1) is 0 Å². The molecular weight excluding hydrogens is 380 g/mol. The molecule has 0 aliphatic rings.